The predicted octanol–water partition coefficient (Wildman–Crippen LogP) is 3.35. The Balaban J connectivity index is 1.63. The molecule has 0 bridgehead atoms. The number of rotatable bonds is 4. The summed E-state index contributed by atoms with van der Waals surface area (Å²) in [6, 6.07) is 3.92. The van der Waals surface area contributed by atoms with Gasteiger partial charge in [0.05, 0.1) is 6.54 Å². The van der Waals surface area contributed by atoms with Crippen LogP contribution in [0.25, 0.3) is 0 Å². The first-order valence-electron chi connectivity index (χ1n) is 8.76. The highest BCUT2D eigenvalue weighted by atomic mass is 19.1. The van der Waals surface area contributed by atoms with Crippen LogP contribution in [0.4, 0.5) is 20.3 Å². The number of anilines is 2. The van der Waals surface area contributed by atoms with E-state index in [1.807, 2.05) is 0 Å². The van der Waals surface area contributed by atoms with E-state index in [2.05, 4.69) is 39.4 Å². The largest absolute Gasteiger partial charge is 0.347 e. The molecule has 0 aromatic carbocycles. The van der Waals surface area contributed by atoms with Crippen molar-refractivity contribution in [1.82, 2.24) is 15.3 Å². The molecular weight excluding hydrogens is 352 g/mol. The van der Waals surface area contributed by atoms with Crippen LogP contribution >= 0.6 is 0 Å². The van der Waals surface area contributed by atoms with Gasteiger partial charge in [0.15, 0.2) is 0 Å². The molecule has 2 aliphatic rings. The quantitative estimate of drug-likeness (QED) is 0.808. The van der Waals surface area contributed by atoms with Gasteiger partial charge in [0, 0.05) is 41.2 Å². The van der Waals surface area contributed by atoms with Crippen molar-refractivity contribution >= 4 is 23.6 Å². The van der Waals surface area contributed by atoms with Crippen LogP contribution in [0.2, 0.25) is 0 Å². The number of hydrogen-bond donors (Lipinski definition) is 2. The van der Waals surface area contributed by atoms with Crippen LogP contribution in [0.15, 0.2) is 23.2 Å². The summed E-state index contributed by atoms with van der Waals surface area (Å²) in [4.78, 5) is 24.5. The highest BCUT2D eigenvalue weighted by Gasteiger charge is 2.39. The number of halogens is 2. The van der Waals surface area contributed by atoms with Crippen molar-refractivity contribution in [3.63, 3.8) is 0 Å². The maximum Gasteiger partial charge on any atom is 0.270 e. The van der Waals surface area contributed by atoms with Gasteiger partial charge < -0.3 is 10.6 Å². The van der Waals surface area contributed by atoms with Gasteiger partial charge in [-0.15, -0.1) is 0 Å². The second-order valence-corrected chi connectivity index (χ2v) is 7.57. The lowest BCUT2D eigenvalue weighted by Gasteiger charge is -2.44. The van der Waals surface area contributed by atoms with Gasteiger partial charge in [-0.3, -0.25) is 9.79 Å². The molecule has 1 amide bonds. The van der Waals surface area contributed by atoms with Crippen molar-refractivity contribution in [1.29, 1.82) is 0 Å². The SMILES string of the molecule is CC1(C)CCC1NC(=O)c1nc(Nc2cc(F)nc(F)c2)cc2c1CN=C2. The molecule has 1 aliphatic heterocycles. The van der Waals surface area contributed by atoms with Gasteiger partial charge in [-0.25, -0.2) is 4.98 Å². The number of aromatic nitrogens is 2. The van der Waals surface area contributed by atoms with Gasteiger partial charge in [0.2, 0.25) is 11.9 Å². The number of fused-ring (bicyclic) bond motifs is 1. The first-order chi connectivity index (χ1) is 12.8. The topological polar surface area (TPSA) is 79.3 Å². The van der Waals surface area contributed by atoms with Crippen LogP contribution in [0, 0.1) is 17.3 Å². The van der Waals surface area contributed by atoms with E-state index < -0.39 is 11.9 Å². The maximum absolute atomic E-state index is 13.3. The van der Waals surface area contributed by atoms with E-state index >= 15 is 0 Å². The number of carbonyl (C=O) groups excluding carboxylic acids is 1. The van der Waals surface area contributed by atoms with E-state index in [9.17, 15) is 13.6 Å². The third-order valence-corrected chi connectivity index (χ3v) is 5.21. The first kappa shape index (κ1) is 17.5. The average molecular weight is 371 g/mol. The minimum absolute atomic E-state index is 0.0668. The molecule has 27 heavy (non-hydrogen) atoms. The monoisotopic (exact) mass is 371 g/mol. The Hall–Kier alpha value is -2.90. The number of amides is 1. The summed E-state index contributed by atoms with van der Waals surface area (Å²) in [7, 11) is 0. The summed E-state index contributed by atoms with van der Waals surface area (Å²) in [5, 5.41) is 5.88. The fourth-order valence-electron chi connectivity index (χ4n) is 3.40. The number of hydrogen-bond acceptors (Lipinski definition) is 5. The van der Waals surface area contributed by atoms with E-state index in [0.717, 1.165) is 36.1 Å². The average Bonchev–Trinajstić information content (AvgIpc) is 3.05. The van der Waals surface area contributed by atoms with E-state index in [1.54, 1.807) is 12.3 Å². The lowest BCUT2D eigenvalue weighted by molar-refractivity contribution is 0.0727. The van der Waals surface area contributed by atoms with Crippen LogP contribution in [0.1, 0.15) is 48.3 Å². The van der Waals surface area contributed by atoms with Crippen molar-refractivity contribution in [3.8, 4) is 0 Å². The smallest absolute Gasteiger partial charge is 0.270 e. The second kappa shape index (κ2) is 6.37. The number of carbonyl (C=O) groups is 1. The van der Waals surface area contributed by atoms with Crippen LogP contribution in [-0.2, 0) is 6.54 Å². The van der Waals surface area contributed by atoms with Crippen molar-refractivity contribution in [2.24, 2.45) is 10.4 Å². The van der Waals surface area contributed by atoms with Crippen LogP contribution in [0.3, 0.4) is 0 Å². The van der Waals surface area contributed by atoms with Gasteiger partial charge >= 0.3 is 0 Å². The van der Waals surface area contributed by atoms with Crippen molar-refractivity contribution < 1.29 is 13.6 Å². The number of nitrogens with one attached hydrogen (secondary N) is 2. The minimum atomic E-state index is -0.939. The molecule has 1 saturated carbocycles. The van der Waals surface area contributed by atoms with Crippen molar-refractivity contribution in [2.45, 2.75) is 39.3 Å². The van der Waals surface area contributed by atoms with Gasteiger partial charge in [-0.1, -0.05) is 13.8 Å². The molecule has 0 saturated heterocycles. The van der Waals surface area contributed by atoms with Crippen molar-refractivity contribution in [2.75, 3.05) is 5.32 Å². The number of pyridine rings is 2. The highest BCUT2D eigenvalue weighted by molar-refractivity contribution is 5.99. The molecule has 3 heterocycles. The van der Waals surface area contributed by atoms with E-state index in [4.69, 9.17) is 0 Å². The molecule has 1 atom stereocenters. The first-order valence-corrected chi connectivity index (χ1v) is 8.76. The van der Waals surface area contributed by atoms with Gasteiger partial charge in [0.25, 0.3) is 5.91 Å². The third kappa shape index (κ3) is 3.39. The second-order valence-electron chi connectivity index (χ2n) is 7.57. The Kier molecular flexibility index (Phi) is 4.13. The fraction of sp³-hybridized carbons (Fsp3) is 0.368. The molecule has 4 rings (SSSR count). The Morgan fingerprint density at radius 3 is 2.56 bits per heavy atom. The standard InChI is InChI=1S/C19H19F2N5O/c1-19(2)4-3-13(19)24-18(27)17-12-9-22-8-10(12)5-16(26-17)23-11-6-14(20)25-15(21)7-11/h5-8,13H,3-4,9H2,1-2H3,(H,24,27)(H,23,25,26). The zero-order valence-corrected chi connectivity index (χ0v) is 15.0. The summed E-state index contributed by atoms with van der Waals surface area (Å²) in [5.74, 6) is -1.83. The summed E-state index contributed by atoms with van der Waals surface area (Å²) >= 11 is 0. The lowest BCUT2D eigenvalue weighted by atomic mass is 9.67. The number of aliphatic imine (C=N–C) groups is 1. The van der Waals surface area contributed by atoms with Crippen LogP contribution < -0.4 is 10.6 Å². The molecule has 6 nitrogen and oxygen atoms in total. The normalized spacial score (nSPS) is 19.3. The summed E-state index contributed by atoms with van der Waals surface area (Å²) in [6.45, 7) is 4.62. The lowest BCUT2D eigenvalue weighted by Crippen LogP contribution is -2.52. The third-order valence-electron chi connectivity index (χ3n) is 5.21. The van der Waals surface area contributed by atoms with Crippen LogP contribution in [-0.4, -0.2) is 28.1 Å². The molecule has 8 heteroatoms. The van der Waals surface area contributed by atoms with Crippen LogP contribution in [0.5, 0.6) is 0 Å². The zero-order valence-electron chi connectivity index (χ0n) is 15.0. The van der Waals surface area contributed by atoms with Crippen molar-refractivity contribution in [3.05, 3.63) is 46.9 Å². The zero-order chi connectivity index (χ0) is 19.2. The van der Waals surface area contributed by atoms with E-state index in [1.165, 1.54) is 0 Å². The summed E-state index contributed by atoms with van der Waals surface area (Å²) in [5.41, 5.74) is 2.03. The molecule has 2 aromatic rings. The molecule has 1 unspecified atom stereocenters. The minimum Gasteiger partial charge on any atom is -0.347 e. The molecular formula is C19H19F2N5O. The fourth-order valence-corrected chi connectivity index (χ4v) is 3.40. The van der Waals surface area contributed by atoms with Gasteiger partial charge in [0.1, 0.15) is 11.5 Å². The molecule has 1 aliphatic carbocycles. The van der Waals surface area contributed by atoms with Gasteiger partial charge in [-0.2, -0.15) is 13.8 Å². The molecule has 0 spiro atoms. The molecule has 140 valence electrons. The Morgan fingerprint density at radius 2 is 1.93 bits per heavy atom. The van der Waals surface area contributed by atoms with E-state index in [-0.39, 0.29) is 28.7 Å². The summed E-state index contributed by atoms with van der Waals surface area (Å²) < 4.78 is 26.6. The number of nitrogens with zero attached hydrogens (tertiary/aromatic N) is 3. The molecule has 2 aromatic heterocycles. The van der Waals surface area contributed by atoms with E-state index in [0.29, 0.717) is 12.4 Å². The summed E-state index contributed by atoms with van der Waals surface area (Å²) in [6.07, 6.45) is 3.66. The highest BCUT2D eigenvalue weighted by Crippen LogP contribution is 2.40. The Bertz CT molecular complexity index is 937. The molecule has 1 fully saturated rings. The Morgan fingerprint density at radius 1 is 1.19 bits per heavy atom. The predicted molar refractivity (Wildman–Crippen MR) is 97.2 cm³/mol. The molecule has 2 N–H and O–H groups in total. The maximum atomic E-state index is 13.3. The Labute approximate surface area is 155 Å². The molecule has 0 radical (unpaired) electrons. The van der Waals surface area contributed by atoms with Gasteiger partial charge in [-0.05, 0) is 24.3 Å².